The van der Waals surface area contributed by atoms with Gasteiger partial charge >= 0.3 is 0 Å². The van der Waals surface area contributed by atoms with Crippen LogP contribution in [-0.2, 0) is 0 Å². The predicted octanol–water partition coefficient (Wildman–Crippen LogP) is 0.893. The van der Waals surface area contributed by atoms with E-state index in [1.807, 2.05) is 6.92 Å². The van der Waals surface area contributed by atoms with Crippen molar-refractivity contribution in [2.24, 2.45) is 5.73 Å². The molecule has 1 rings (SSSR count). The first kappa shape index (κ1) is 11.4. The highest BCUT2D eigenvalue weighted by atomic mass is 19.1. The number of amides is 1. The van der Waals surface area contributed by atoms with Crippen LogP contribution < -0.4 is 10.5 Å². The second-order valence-electron chi connectivity index (χ2n) is 2.91. The van der Waals surface area contributed by atoms with Gasteiger partial charge in [0.15, 0.2) is 5.69 Å². The highest BCUT2D eigenvalue weighted by molar-refractivity contribution is 5.92. The zero-order valence-electron chi connectivity index (χ0n) is 8.36. The van der Waals surface area contributed by atoms with Crippen LogP contribution in [-0.4, -0.2) is 22.5 Å². The summed E-state index contributed by atoms with van der Waals surface area (Å²) in [6.07, 6.45) is 2.64. The lowest BCUT2D eigenvalue weighted by molar-refractivity contribution is 0.0988. The molecule has 0 spiro atoms. The smallest absolute Gasteiger partial charge is 0.273 e. The molecule has 0 aliphatic rings. The second kappa shape index (κ2) is 5.23. The van der Waals surface area contributed by atoms with E-state index in [9.17, 15) is 9.18 Å². The minimum atomic E-state index is -0.855. The number of carbonyl (C=O) groups is 1. The zero-order valence-corrected chi connectivity index (χ0v) is 8.36. The van der Waals surface area contributed by atoms with E-state index in [0.29, 0.717) is 6.61 Å². The molecule has 1 amide bonds. The molecule has 0 fully saturated rings. The summed E-state index contributed by atoms with van der Waals surface area (Å²) in [6.45, 7) is 2.39. The lowest BCUT2D eigenvalue weighted by atomic mass is 10.3. The molecule has 1 heterocycles. The van der Waals surface area contributed by atoms with Crippen LogP contribution in [0.3, 0.4) is 0 Å². The van der Waals surface area contributed by atoms with E-state index in [0.717, 1.165) is 19.0 Å². The molecular formula is C9H12FN3O2. The third-order valence-corrected chi connectivity index (χ3v) is 1.68. The Balaban J connectivity index is 2.81. The maximum atomic E-state index is 12.7. The van der Waals surface area contributed by atoms with Gasteiger partial charge in [-0.15, -0.1) is 0 Å². The normalized spacial score (nSPS) is 10.0. The van der Waals surface area contributed by atoms with Crippen molar-refractivity contribution in [2.75, 3.05) is 6.61 Å². The fraction of sp³-hybridized carbons (Fsp3) is 0.444. The summed E-state index contributed by atoms with van der Waals surface area (Å²) in [4.78, 5) is 17.8. The number of rotatable bonds is 5. The summed E-state index contributed by atoms with van der Waals surface area (Å²) >= 11 is 0. The maximum Gasteiger partial charge on any atom is 0.273 e. The number of ether oxygens (including phenoxy) is 1. The predicted molar refractivity (Wildman–Crippen MR) is 50.9 cm³/mol. The van der Waals surface area contributed by atoms with Crippen molar-refractivity contribution in [3.8, 4) is 5.88 Å². The van der Waals surface area contributed by atoms with Crippen molar-refractivity contribution in [3.63, 3.8) is 0 Å². The van der Waals surface area contributed by atoms with Crippen LogP contribution >= 0.6 is 0 Å². The van der Waals surface area contributed by atoms with Crippen molar-refractivity contribution in [3.05, 3.63) is 17.8 Å². The summed E-state index contributed by atoms with van der Waals surface area (Å²) in [5.41, 5.74) is 4.73. The van der Waals surface area contributed by atoms with E-state index in [4.69, 9.17) is 10.5 Å². The molecular weight excluding hydrogens is 201 g/mol. The molecule has 0 aliphatic carbocycles. The average Bonchev–Trinajstić information content (AvgIpc) is 2.20. The standard InChI is InChI=1S/C9H12FN3O2/c1-2-3-4-15-9-7(8(11)14)13-6(10)5-12-9/h5H,2-4H2,1H3,(H2,11,14). The van der Waals surface area contributed by atoms with Crippen molar-refractivity contribution in [1.82, 2.24) is 9.97 Å². The molecule has 82 valence electrons. The highest BCUT2D eigenvalue weighted by Crippen LogP contribution is 2.12. The molecule has 15 heavy (non-hydrogen) atoms. The van der Waals surface area contributed by atoms with Gasteiger partial charge in [0.25, 0.3) is 5.91 Å². The SMILES string of the molecule is CCCCOc1ncc(F)nc1C(N)=O. The van der Waals surface area contributed by atoms with Gasteiger partial charge < -0.3 is 10.5 Å². The molecule has 0 aliphatic heterocycles. The number of primary amides is 1. The summed E-state index contributed by atoms with van der Waals surface area (Å²) < 4.78 is 17.8. The third-order valence-electron chi connectivity index (χ3n) is 1.68. The van der Waals surface area contributed by atoms with Crippen LogP contribution in [0.2, 0.25) is 0 Å². The molecule has 1 aromatic heterocycles. The van der Waals surface area contributed by atoms with Crippen molar-refractivity contribution in [2.45, 2.75) is 19.8 Å². The average molecular weight is 213 g/mol. The molecule has 2 N–H and O–H groups in total. The molecule has 5 nitrogen and oxygen atoms in total. The largest absolute Gasteiger partial charge is 0.476 e. The molecule has 6 heteroatoms. The Morgan fingerprint density at radius 1 is 1.67 bits per heavy atom. The Morgan fingerprint density at radius 2 is 2.40 bits per heavy atom. The first-order chi connectivity index (χ1) is 7.15. The van der Waals surface area contributed by atoms with E-state index in [1.165, 1.54) is 0 Å². The van der Waals surface area contributed by atoms with Crippen molar-refractivity contribution < 1.29 is 13.9 Å². The number of hydrogen-bond donors (Lipinski definition) is 1. The van der Waals surface area contributed by atoms with Crippen LogP contribution in [0.4, 0.5) is 4.39 Å². The highest BCUT2D eigenvalue weighted by Gasteiger charge is 2.14. The Labute approximate surface area is 86.5 Å². The van der Waals surface area contributed by atoms with Crippen LogP contribution in [0.15, 0.2) is 6.20 Å². The van der Waals surface area contributed by atoms with Crippen LogP contribution in [0.25, 0.3) is 0 Å². The Kier molecular flexibility index (Phi) is 3.96. The van der Waals surface area contributed by atoms with E-state index in [-0.39, 0.29) is 11.6 Å². The molecule has 0 bridgehead atoms. The van der Waals surface area contributed by atoms with E-state index in [2.05, 4.69) is 9.97 Å². The van der Waals surface area contributed by atoms with Gasteiger partial charge in [0, 0.05) is 0 Å². The van der Waals surface area contributed by atoms with Gasteiger partial charge in [0.05, 0.1) is 12.8 Å². The lowest BCUT2D eigenvalue weighted by Gasteiger charge is -2.06. The van der Waals surface area contributed by atoms with Crippen molar-refractivity contribution in [1.29, 1.82) is 0 Å². The summed E-state index contributed by atoms with van der Waals surface area (Å²) in [5, 5.41) is 0. The number of hydrogen-bond acceptors (Lipinski definition) is 4. The third kappa shape index (κ3) is 3.16. The molecule has 1 aromatic rings. The van der Waals surface area contributed by atoms with E-state index in [1.54, 1.807) is 0 Å². The molecule has 0 atom stereocenters. The van der Waals surface area contributed by atoms with Gasteiger partial charge in [-0.25, -0.2) is 9.97 Å². The first-order valence-corrected chi connectivity index (χ1v) is 4.60. The topological polar surface area (TPSA) is 78.1 Å². The quantitative estimate of drug-likeness (QED) is 0.737. The Morgan fingerprint density at radius 3 is 3.00 bits per heavy atom. The minimum Gasteiger partial charge on any atom is -0.476 e. The summed E-state index contributed by atoms with van der Waals surface area (Å²) in [6, 6.07) is 0. The first-order valence-electron chi connectivity index (χ1n) is 4.60. The van der Waals surface area contributed by atoms with Crippen LogP contribution in [0.1, 0.15) is 30.3 Å². The number of carbonyl (C=O) groups excluding carboxylic acids is 1. The number of halogens is 1. The molecule has 0 radical (unpaired) electrons. The summed E-state index contributed by atoms with van der Waals surface area (Å²) in [5.74, 6) is -1.72. The maximum absolute atomic E-state index is 12.7. The van der Waals surface area contributed by atoms with Gasteiger partial charge in [0.2, 0.25) is 11.8 Å². The fourth-order valence-corrected chi connectivity index (χ4v) is 0.936. The van der Waals surface area contributed by atoms with Gasteiger partial charge in [-0.05, 0) is 6.42 Å². The monoisotopic (exact) mass is 213 g/mol. The molecule has 0 saturated heterocycles. The second-order valence-corrected chi connectivity index (χ2v) is 2.91. The molecule has 0 saturated carbocycles. The van der Waals surface area contributed by atoms with Gasteiger partial charge in [-0.2, -0.15) is 4.39 Å². The molecule has 0 aromatic carbocycles. The Hall–Kier alpha value is -1.72. The van der Waals surface area contributed by atoms with Gasteiger partial charge in [-0.3, -0.25) is 4.79 Å². The summed E-state index contributed by atoms with van der Waals surface area (Å²) in [7, 11) is 0. The number of aromatic nitrogens is 2. The van der Waals surface area contributed by atoms with Gasteiger partial charge in [0.1, 0.15) is 0 Å². The van der Waals surface area contributed by atoms with Crippen LogP contribution in [0.5, 0.6) is 5.88 Å². The van der Waals surface area contributed by atoms with Gasteiger partial charge in [-0.1, -0.05) is 13.3 Å². The number of unbranched alkanes of at least 4 members (excludes halogenated alkanes) is 1. The Bertz CT molecular complexity index is 357. The minimum absolute atomic E-state index is 0.0163. The zero-order chi connectivity index (χ0) is 11.3. The number of nitrogens with zero attached hydrogens (tertiary/aromatic N) is 2. The van der Waals surface area contributed by atoms with Crippen LogP contribution in [0, 0.1) is 5.95 Å². The molecule has 0 unspecified atom stereocenters. The lowest BCUT2D eigenvalue weighted by Crippen LogP contribution is -2.17. The van der Waals surface area contributed by atoms with Crippen molar-refractivity contribution >= 4 is 5.91 Å². The van der Waals surface area contributed by atoms with E-state index >= 15 is 0 Å². The van der Waals surface area contributed by atoms with E-state index < -0.39 is 11.9 Å². The number of nitrogens with two attached hydrogens (primary N) is 1. The fourth-order valence-electron chi connectivity index (χ4n) is 0.936.